The third kappa shape index (κ3) is 3.63. The van der Waals surface area contributed by atoms with Crippen LogP contribution in [0.4, 0.5) is 0 Å². The first-order chi connectivity index (χ1) is 17.2. The minimum atomic E-state index is -0.419. The molecule has 9 atom stereocenters. The van der Waals surface area contributed by atoms with E-state index in [1.807, 2.05) is 0 Å². The number of hydrogen-bond acceptors (Lipinski definition) is 4. The number of aliphatic hydroxyl groups excluding tert-OH is 2. The van der Waals surface area contributed by atoms with Crippen LogP contribution in [0, 0.1) is 50.2 Å². The van der Waals surface area contributed by atoms with Gasteiger partial charge in [-0.3, -0.25) is 4.79 Å². The van der Waals surface area contributed by atoms with Crippen molar-refractivity contribution in [2.75, 3.05) is 13.2 Å². The van der Waals surface area contributed by atoms with Crippen molar-refractivity contribution >= 4 is 5.97 Å². The lowest BCUT2D eigenvalue weighted by Crippen LogP contribution is -2.66. The van der Waals surface area contributed by atoms with Crippen molar-refractivity contribution in [3.63, 3.8) is 0 Å². The first kappa shape index (κ1) is 27.7. The summed E-state index contributed by atoms with van der Waals surface area (Å²) in [5.74, 6) is 1.21. The molecule has 0 aliphatic heterocycles. The number of carbonyl (C=O) groups excluding carboxylic acids is 1. The molecule has 0 heterocycles. The second-order valence-corrected chi connectivity index (χ2v) is 15.7. The average Bonchev–Trinajstić information content (AvgIpc) is 2.85. The Hall–Kier alpha value is -0.870. The molecule has 37 heavy (non-hydrogen) atoms. The summed E-state index contributed by atoms with van der Waals surface area (Å²) in [5, 5.41) is 21.5. The summed E-state index contributed by atoms with van der Waals surface area (Å²) in [4.78, 5) is 13.7. The van der Waals surface area contributed by atoms with Crippen molar-refractivity contribution in [2.24, 2.45) is 50.2 Å². The highest BCUT2D eigenvalue weighted by Crippen LogP contribution is 2.75. The number of carbonyl (C=O) groups is 1. The van der Waals surface area contributed by atoms with E-state index in [9.17, 15) is 15.0 Å². The van der Waals surface area contributed by atoms with Crippen LogP contribution in [0.3, 0.4) is 0 Å². The van der Waals surface area contributed by atoms with E-state index in [2.05, 4.69) is 54.5 Å². The lowest BCUT2D eigenvalue weighted by Gasteiger charge is -2.71. The second-order valence-electron chi connectivity index (χ2n) is 15.7. The Morgan fingerprint density at radius 1 is 0.973 bits per heavy atom. The number of rotatable bonds is 4. The molecule has 2 N–H and O–H groups in total. The number of ether oxygens (including phenoxy) is 1. The van der Waals surface area contributed by atoms with Crippen LogP contribution in [0.15, 0.2) is 11.6 Å². The lowest BCUT2D eigenvalue weighted by molar-refractivity contribution is -0.217. The van der Waals surface area contributed by atoms with Gasteiger partial charge in [-0.2, -0.15) is 0 Å². The molecule has 4 fully saturated rings. The summed E-state index contributed by atoms with van der Waals surface area (Å²) in [7, 11) is 0. The molecule has 4 heteroatoms. The fourth-order valence-corrected chi connectivity index (χ4v) is 11.0. The molecule has 0 saturated heterocycles. The Labute approximate surface area is 226 Å². The molecule has 0 unspecified atom stereocenters. The Morgan fingerprint density at radius 3 is 2.35 bits per heavy atom. The van der Waals surface area contributed by atoms with Crippen LogP contribution >= 0.6 is 0 Å². The highest BCUT2D eigenvalue weighted by atomic mass is 16.5. The van der Waals surface area contributed by atoms with Crippen LogP contribution in [-0.4, -0.2) is 35.5 Å². The largest absolute Gasteiger partial charge is 0.465 e. The molecule has 0 aromatic carbocycles. The zero-order chi connectivity index (χ0) is 27.1. The van der Waals surface area contributed by atoms with E-state index in [1.54, 1.807) is 5.57 Å². The Kier molecular flexibility index (Phi) is 6.60. The van der Waals surface area contributed by atoms with Crippen molar-refractivity contribution in [1.29, 1.82) is 0 Å². The van der Waals surface area contributed by atoms with Gasteiger partial charge in [0.2, 0.25) is 0 Å². The molecule has 0 spiro atoms. The predicted octanol–water partition coefficient (Wildman–Crippen LogP) is 7.07. The van der Waals surface area contributed by atoms with Crippen molar-refractivity contribution in [1.82, 2.24) is 0 Å². The maximum Gasteiger partial charge on any atom is 0.312 e. The summed E-state index contributed by atoms with van der Waals surface area (Å²) in [5.41, 5.74) is 1.37. The molecule has 5 rings (SSSR count). The molecule has 0 amide bonds. The fourth-order valence-electron chi connectivity index (χ4n) is 11.0. The third-order valence-electron chi connectivity index (χ3n) is 13.6. The maximum atomic E-state index is 13.7. The molecule has 4 nitrogen and oxygen atoms in total. The second kappa shape index (κ2) is 8.82. The number of allylic oxidation sites excluding steroid dienone is 2. The molecular weight excluding hydrogens is 460 g/mol. The molecular formula is C33H54O4. The summed E-state index contributed by atoms with van der Waals surface area (Å²) in [6.07, 6.45) is 13.3. The van der Waals surface area contributed by atoms with Gasteiger partial charge in [0.15, 0.2) is 0 Å². The fraction of sp³-hybridized carbons (Fsp3) is 0.909. The Morgan fingerprint density at radius 2 is 1.68 bits per heavy atom. The Balaban J connectivity index is 1.57. The first-order valence-electron chi connectivity index (χ1n) is 15.4. The van der Waals surface area contributed by atoms with E-state index >= 15 is 0 Å². The van der Waals surface area contributed by atoms with Crippen molar-refractivity contribution in [3.05, 3.63) is 11.6 Å². The maximum absolute atomic E-state index is 13.7. The lowest BCUT2D eigenvalue weighted by atomic mass is 9.33. The van der Waals surface area contributed by atoms with E-state index in [1.165, 1.54) is 0 Å². The molecule has 0 aromatic rings. The smallest absolute Gasteiger partial charge is 0.312 e. The van der Waals surface area contributed by atoms with Gasteiger partial charge in [0.1, 0.15) is 0 Å². The minimum absolute atomic E-state index is 0.0652. The van der Waals surface area contributed by atoms with E-state index in [-0.39, 0.29) is 45.6 Å². The van der Waals surface area contributed by atoms with Crippen LogP contribution in [0.2, 0.25) is 0 Å². The topological polar surface area (TPSA) is 66.8 Å². The van der Waals surface area contributed by atoms with Gasteiger partial charge in [0.05, 0.1) is 24.7 Å². The van der Waals surface area contributed by atoms with Gasteiger partial charge in [0.25, 0.3) is 0 Å². The van der Waals surface area contributed by atoms with E-state index in [0.29, 0.717) is 18.4 Å². The normalized spacial score (nSPS) is 50.6. The van der Waals surface area contributed by atoms with E-state index in [4.69, 9.17) is 4.74 Å². The van der Waals surface area contributed by atoms with Crippen LogP contribution in [0.5, 0.6) is 0 Å². The van der Waals surface area contributed by atoms with Gasteiger partial charge in [-0.1, -0.05) is 60.1 Å². The van der Waals surface area contributed by atoms with Gasteiger partial charge in [-0.15, -0.1) is 0 Å². The van der Waals surface area contributed by atoms with Gasteiger partial charge in [0, 0.05) is 5.41 Å². The SMILES string of the molecule is CCCOC(=O)[C@]12CCC(C)(C)C[C@H]1C1=CC[C@@H]3[C@@]4(C)CC[C@H](O)[C@@](C)(CO)[C@@H]4CC[C@@]3(C)[C@]1(C)CC2. The standard InChI is InChI=1S/C33H54O4/c1-8-19-37-27(36)33-17-15-28(2,3)20-23(33)22-9-10-25-29(4)13-12-26(35)30(5,21-34)24(29)11-14-32(25,7)31(22,6)16-18-33/h9,23-26,34-35H,8,10-21H2,1-7H3/t23-,24+,25+,26-,29-,30-,31+,32+,33-/m0/s1. The van der Waals surface area contributed by atoms with Crippen LogP contribution in [-0.2, 0) is 9.53 Å². The molecule has 5 aliphatic rings. The van der Waals surface area contributed by atoms with Gasteiger partial charge in [-0.25, -0.2) is 0 Å². The highest BCUT2D eigenvalue weighted by Gasteiger charge is 2.69. The zero-order valence-electron chi connectivity index (χ0n) is 24.8. The zero-order valence-corrected chi connectivity index (χ0v) is 24.8. The highest BCUT2D eigenvalue weighted by molar-refractivity contribution is 5.78. The molecule has 0 radical (unpaired) electrons. The molecule has 210 valence electrons. The number of hydrogen-bond donors (Lipinski definition) is 2. The van der Waals surface area contributed by atoms with Crippen LogP contribution in [0.25, 0.3) is 0 Å². The number of fused-ring (bicyclic) bond motifs is 7. The van der Waals surface area contributed by atoms with Crippen molar-refractivity contribution in [3.8, 4) is 0 Å². The monoisotopic (exact) mass is 514 g/mol. The van der Waals surface area contributed by atoms with Gasteiger partial charge in [-0.05, 0) is 110 Å². The van der Waals surface area contributed by atoms with E-state index in [0.717, 1.165) is 70.6 Å². The third-order valence-corrected chi connectivity index (χ3v) is 13.6. The van der Waals surface area contributed by atoms with Crippen LogP contribution in [0.1, 0.15) is 119 Å². The first-order valence-corrected chi connectivity index (χ1v) is 15.4. The summed E-state index contributed by atoms with van der Waals surface area (Å²) >= 11 is 0. The van der Waals surface area contributed by atoms with Crippen molar-refractivity contribution in [2.45, 2.75) is 125 Å². The van der Waals surface area contributed by atoms with Gasteiger partial charge < -0.3 is 14.9 Å². The van der Waals surface area contributed by atoms with Gasteiger partial charge >= 0.3 is 5.97 Å². The molecule has 0 bridgehead atoms. The van der Waals surface area contributed by atoms with Crippen LogP contribution < -0.4 is 0 Å². The minimum Gasteiger partial charge on any atom is -0.465 e. The molecule has 4 saturated carbocycles. The summed E-state index contributed by atoms with van der Waals surface area (Å²) < 4.78 is 5.92. The number of aliphatic hydroxyl groups is 2. The molecule has 5 aliphatic carbocycles. The molecule has 0 aromatic heterocycles. The summed E-state index contributed by atoms with van der Waals surface area (Å²) in [6.45, 7) is 17.2. The predicted molar refractivity (Wildman–Crippen MR) is 148 cm³/mol. The Bertz CT molecular complexity index is 954. The quantitative estimate of drug-likeness (QED) is 0.311. The number of esters is 1. The van der Waals surface area contributed by atoms with E-state index < -0.39 is 11.5 Å². The average molecular weight is 515 g/mol. The van der Waals surface area contributed by atoms with Crippen molar-refractivity contribution < 1.29 is 19.7 Å². The summed E-state index contributed by atoms with van der Waals surface area (Å²) in [6, 6.07) is 0.